The summed E-state index contributed by atoms with van der Waals surface area (Å²) in [6.45, 7) is 2.62. The number of carbonyl (C=O) groups is 3. The van der Waals surface area contributed by atoms with Crippen LogP contribution in [0.25, 0.3) is 0 Å². The molecule has 3 atom stereocenters. The van der Waals surface area contributed by atoms with Crippen molar-refractivity contribution in [3.63, 3.8) is 0 Å². The van der Waals surface area contributed by atoms with E-state index in [1.54, 1.807) is 0 Å². The fraction of sp³-hybridized carbons (Fsp3) is 0.750. The predicted molar refractivity (Wildman–Crippen MR) is 66.7 cm³/mol. The van der Waals surface area contributed by atoms with Crippen LogP contribution in [0.1, 0.15) is 32.6 Å². The standard InChI is InChI=1S/C12H20N2O5/c1-7-3-2-4-8(7)6-13-12(19)14-9(11(17)18)5-10(15)16/h7-9H,2-6H2,1H3,(H,15,16)(H,17,18)(H2,13,14,19). The molecule has 7 heteroatoms. The van der Waals surface area contributed by atoms with Crippen LogP contribution in [-0.2, 0) is 9.59 Å². The van der Waals surface area contributed by atoms with Crippen molar-refractivity contribution in [3.05, 3.63) is 0 Å². The van der Waals surface area contributed by atoms with Crippen LogP contribution in [0, 0.1) is 11.8 Å². The van der Waals surface area contributed by atoms with Gasteiger partial charge in [-0.2, -0.15) is 0 Å². The molecule has 7 nitrogen and oxygen atoms in total. The average molecular weight is 272 g/mol. The van der Waals surface area contributed by atoms with E-state index in [1.165, 1.54) is 0 Å². The largest absolute Gasteiger partial charge is 0.481 e. The second kappa shape index (κ2) is 6.96. The fourth-order valence-electron chi connectivity index (χ4n) is 2.33. The van der Waals surface area contributed by atoms with Gasteiger partial charge in [0, 0.05) is 6.54 Å². The zero-order chi connectivity index (χ0) is 14.4. The van der Waals surface area contributed by atoms with Crippen LogP contribution >= 0.6 is 0 Å². The van der Waals surface area contributed by atoms with E-state index in [-0.39, 0.29) is 0 Å². The Balaban J connectivity index is 2.35. The van der Waals surface area contributed by atoms with Crippen molar-refractivity contribution in [2.24, 2.45) is 11.8 Å². The average Bonchev–Trinajstić information content (AvgIpc) is 2.70. The first-order chi connectivity index (χ1) is 8.90. The molecule has 4 N–H and O–H groups in total. The lowest BCUT2D eigenvalue weighted by molar-refractivity contribution is -0.145. The molecule has 19 heavy (non-hydrogen) atoms. The van der Waals surface area contributed by atoms with Crippen LogP contribution in [0.3, 0.4) is 0 Å². The minimum atomic E-state index is -1.40. The summed E-state index contributed by atoms with van der Waals surface area (Å²) in [4.78, 5) is 32.8. The Morgan fingerprint density at radius 1 is 1.26 bits per heavy atom. The van der Waals surface area contributed by atoms with Gasteiger partial charge in [-0.25, -0.2) is 9.59 Å². The van der Waals surface area contributed by atoms with Crippen molar-refractivity contribution in [1.29, 1.82) is 0 Å². The summed E-state index contributed by atoms with van der Waals surface area (Å²) in [6.07, 6.45) is 2.71. The summed E-state index contributed by atoms with van der Waals surface area (Å²) in [5.41, 5.74) is 0. The summed E-state index contributed by atoms with van der Waals surface area (Å²) in [6, 6.07) is -2.04. The Bertz CT molecular complexity index is 358. The van der Waals surface area contributed by atoms with Crippen LogP contribution < -0.4 is 10.6 Å². The van der Waals surface area contributed by atoms with E-state index in [0.29, 0.717) is 18.4 Å². The molecule has 0 saturated heterocycles. The number of aliphatic carboxylic acids is 2. The highest BCUT2D eigenvalue weighted by Gasteiger charge is 2.25. The first kappa shape index (κ1) is 15.3. The Labute approximate surface area is 111 Å². The third-order valence-electron chi connectivity index (χ3n) is 3.55. The first-order valence-corrected chi connectivity index (χ1v) is 6.39. The van der Waals surface area contributed by atoms with Crippen LogP contribution in [0.4, 0.5) is 4.79 Å². The van der Waals surface area contributed by atoms with Crippen molar-refractivity contribution in [1.82, 2.24) is 10.6 Å². The molecule has 0 aromatic carbocycles. The highest BCUT2D eigenvalue weighted by atomic mass is 16.4. The van der Waals surface area contributed by atoms with Crippen molar-refractivity contribution in [3.8, 4) is 0 Å². The molecule has 2 amide bonds. The Morgan fingerprint density at radius 3 is 2.42 bits per heavy atom. The van der Waals surface area contributed by atoms with E-state index >= 15 is 0 Å². The van der Waals surface area contributed by atoms with Gasteiger partial charge in [-0.05, 0) is 18.3 Å². The van der Waals surface area contributed by atoms with E-state index in [2.05, 4.69) is 17.6 Å². The van der Waals surface area contributed by atoms with E-state index < -0.39 is 30.4 Å². The molecular weight excluding hydrogens is 252 g/mol. The number of rotatable bonds is 6. The molecular formula is C12H20N2O5. The Hall–Kier alpha value is -1.79. The fourth-order valence-corrected chi connectivity index (χ4v) is 2.33. The van der Waals surface area contributed by atoms with Crippen LogP contribution in [-0.4, -0.2) is 40.8 Å². The van der Waals surface area contributed by atoms with Gasteiger partial charge in [0.2, 0.25) is 0 Å². The number of nitrogens with one attached hydrogen (secondary N) is 2. The number of amides is 2. The highest BCUT2D eigenvalue weighted by Crippen LogP contribution is 2.30. The summed E-state index contributed by atoms with van der Waals surface area (Å²) in [7, 11) is 0. The molecule has 0 spiro atoms. The zero-order valence-electron chi connectivity index (χ0n) is 10.9. The third-order valence-corrected chi connectivity index (χ3v) is 3.55. The normalized spacial score (nSPS) is 23.6. The number of carboxylic acids is 2. The number of hydrogen-bond donors (Lipinski definition) is 4. The second-order valence-corrected chi connectivity index (χ2v) is 5.01. The first-order valence-electron chi connectivity index (χ1n) is 6.39. The number of urea groups is 1. The molecule has 1 fully saturated rings. The summed E-state index contributed by atoms with van der Waals surface area (Å²) in [5.74, 6) is -1.66. The van der Waals surface area contributed by atoms with Crippen molar-refractivity contribution in [2.45, 2.75) is 38.6 Å². The lowest BCUT2D eigenvalue weighted by atomic mass is 9.98. The van der Waals surface area contributed by atoms with E-state index in [9.17, 15) is 14.4 Å². The molecule has 1 rings (SSSR count). The predicted octanol–water partition coefficient (Wildman–Crippen LogP) is 0.650. The molecule has 0 aromatic heterocycles. The van der Waals surface area contributed by atoms with Crippen LogP contribution in [0.5, 0.6) is 0 Å². The van der Waals surface area contributed by atoms with Gasteiger partial charge in [0.15, 0.2) is 0 Å². The summed E-state index contributed by atoms with van der Waals surface area (Å²) in [5, 5.41) is 22.1. The monoisotopic (exact) mass is 272 g/mol. The minimum absolute atomic E-state index is 0.411. The minimum Gasteiger partial charge on any atom is -0.481 e. The Morgan fingerprint density at radius 2 is 1.95 bits per heavy atom. The van der Waals surface area contributed by atoms with Crippen molar-refractivity contribution >= 4 is 18.0 Å². The molecule has 1 aliphatic rings. The molecule has 1 saturated carbocycles. The molecule has 1 aliphatic carbocycles. The van der Waals surface area contributed by atoms with Crippen LogP contribution in [0.2, 0.25) is 0 Å². The molecule has 0 heterocycles. The molecule has 0 radical (unpaired) electrons. The van der Waals surface area contributed by atoms with Gasteiger partial charge < -0.3 is 20.8 Å². The number of carboxylic acid groups (broad SMARTS) is 2. The third kappa shape index (κ3) is 5.15. The topological polar surface area (TPSA) is 116 Å². The molecule has 0 aromatic rings. The Kier molecular flexibility index (Phi) is 5.59. The zero-order valence-corrected chi connectivity index (χ0v) is 10.9. The molecule has 3 unspecified atom stereocenters. The van der Waals surface area contributed by atoms with Crippen molar-refractivity contribution < 1.29 is 24.6 Å². The van der Waals surface area contributed by atoms with Crippen molar-refractivity contribution in [2.75, 3.05) is 6.54 Å². The van der Waals surface area contributed by atoms with E-state index in [1.807, 2.05) is 0 Å². The number of carbonyl (C=O) groups excluding carboxylic acids is 1. The number of hydrogen-bond acceptors (Lipinski definition) is 3. The maximum absolute atomic E-state index is 11.5. The van der Waals surface area contributed by atoms with Crippen LogP contribution in [0.15, 0.2) is 0 Å². The lowest BCUT2D eigenvalue weighted by Gasteiger charge is -2.18. The summed E-state index contributed by atoms with van der Waals surface area (Å²) >= 11 is 0. The van der Waals surface area contributed by atoms with Gasteiger partial charge in [-0.15, -0.1) is 0 Å². The maximum atomic E-state index is 11.5. The van der Waals surface area contributed by atoms with E-state index in [4.69, 9.17) is 10.2 Å². The van der Waals surface area contributed by atoms with Gasteiger partial charge in [0.25, 0.3) is 0 Å². The SMILES string of the molecule is CC1CCCC1CNC(=O)NC(CC(=O)O)C(=O)O. The lowest BCUT2D eigenvalue weighted by Crippen LogP contribution is -2.48. The molecule has 108 valence electrons. The van der Waals surface area contributed by atoms with Gasteiger partial charge >= 0.3 is 18.0 Å². The highest BCUT2D eigenvalue weighted by molar-refractivity contribution is 5.86. The maximum Gasteiger partial charge on any atom is 0.326 e. The summed E-state index contributed by atoms with van der Waals surface area (Å²) < 4.78 is 0. The smallest absolute Gasteiger partial charge is 0.326 e. The van der Waals surface area contributed by atoms with Gasteiger partial charge in [0.1, 0.15) is 6.04 Å². The van der Waals surface area contributed by atoms with Gasteiger partial charge in [-0.1, -0.05) is 19.8 Å². The second-order valence-electron chi connectivity index (χ2n) is 5.01. The van der Waals surface area contributed by atoms with E-state index in [0.717, 1.165) is 19.3 Å². The molecule has 0 bridgehead atoms. The van der Waals surface area contributed by atoms with Gasteiger partial charge in [-0.3, -0.25) is 4.79 Å². The quantitative estimate of drug-likeness (QED) is 0.566. The van der Waals surface area contributed by atoms with Gasteiger partial charge in [0.05, 0.1) is 6.42 Å². The molecule has 0 aliphatic heterocycles.